The second-order valence-electron chi connectivity index (χ2n) is 3.69. The van der Waals surface area contributed by atoms with Crippen LogP contribution in [0.4, 0.5) is 4.39 Å². The van der Waals surface area contributed by atoms with Crippen molar-refractivity contribution in [3.05, 3.63) is 23.0 Å². The van der Waals surface area contributed by atoms with Gasteiger partial charge in [0.05, 0.1) is 6.10 Å². The number of halogens is 1. The van der Waals surface area contributed by atoms with Crippen molar-refractivity contribution in [2.75, 3.05) is 0 Å². The van der Waals surface area contributed by atoms with E-state index in [1.807, 2.05) is 13.8 Å². The maximum absolute atomic E-state index is 13.2. The Hall–Kier alpha value is -0.630. The summed E-state index contributed by atoms with van der Waals surface area (Å²) in [4.78, 5) is 0. The van der Waals surface area contributed by atoms with Crippen molar-refractivity contribution < 1.29 is 9.50 Å². The van der Waals surface area contributed by atoms with Crippen LogP contribution >= 0.6 is 0 Å². The Bertz CT molecular complexity index is 253. The van der Waals surface area contributed by atoms with Crippen LogP contribution in [0.25, 0.3) is 0 Å². The zero-order valence-electron chi connectivity index (χ0n) is 8.47. The van der Waals surface area contributed by atoms with Gasteiger partial charge in [-0.25, -0.2) is 4.39 Å². The van der Waals surface area contributed by atoms with Crippen LogP contribution < -0.4 is 0 Å². The summed E-state index contributed by atoms with van der Waals surface area (Å²) in [6.45, 7) is 5.82. The third kappa shape index (κ3) is 1.99. The van der Waals surface area contributed by atoms with E-state index >= 15 is 0 Å². The fourth-order valence-electron chi connectivity index (χ4n) is 1.80. The lowest BCUT2D eigenvalue weighted by molar-refractivity contribution is 0.195. The highest BCUT2D eigenvalue weighted by atomic mass is 19.1. The van der Waals surface area contributed by atoms with E-state index in [4.69, 9.17) is 0 Å². The van der Waals surface area contributed by atoms with Gasteiger partial charge in [-0.1, -0.05) is 13.8 Å². The Morgan fingerprint density at radius 3 is 2.85 bits per heavy atom. The fraction of sp³-hybridized carbons (Fsp3) is 0.636. The molecule has 0 aromatic heterocycles. The number of hydrogen-bond donors (Lipinski definition) is 1. The molecule has 1 nitrogen and oxygen atoms in total. The second kappa shape index (κ2) is 4.05. The molecule has 0 bridgehead atoms. The summed E-state index contributed by atoms with van der Waals surface area (Å²) in [5, 5.41) is 9.69. The topological polar surface area (TPSA) is 20.2 Å². The summed E-state index contributed by atoms with van der Waals surface area (Å²) >= 11 is 0. The monoisotopic (exact) mass is 184 g/mol. The molecule has 2 heteroatoms. The van der Waals surface area contributed by atoms with Crippen LogP contribution in [-0.2, 0) is 0 Å². The van der Waals surface area contributed by atoms with Gasteiger partial charge in [-0.05, 0) is 42.9 Å². The first-order valence-electron chi connectivity index (χ1n) is 4.82. The Labute approximate surface area is 79.0 Å². The lowest BCUT2D eigenvalue weighted by atomic mass is 9.85. The normalized spacial score (nSPS) is 25.9. The Kier molecular flexibility index (Phi) is 3.26. The summed E-state index contributed by atoms with van der Waals surface area (Å²) in [6, 6.07) is 0. The smallest absolute Gasteiger partial charge is 0.122 e. The van der Waals surface area contributed by atoms with Gasteiger partial charge >= 0.3 is 0 Å². The van der Waals surface area contributed by atoms with E-state index in [0.717, 1.165) is 12.0 Å². The van der Waals surface area contributed by atoms with Crippen LogP contribution in [0, 0.1) is 5.92 Å². The number of allylic oxidation sites excluding steroid dienone is 2. The van der Waals surface area contributed by atoms with Crippen LogP contribution in [0.5, 0.6) is 0 Å². The molecule has 0 aromatic rings. The third-order valence-electron chi connectivity index (χ3n) is 2.81. The number of hydrogen-bond acceptors (Lipinski definition) is 1. The van der Waals surface area contributed by atoms with E-state index in [1.165, 1.54) is 6.08 Å². The van der Waals surface area contributed by atoms with Crippen LogP contribution in [0.1, 0.15) is 33.6 Å². The molecule has 0 saturated heterocycles. The van der Waals surface area contributed by atoms with E-state index in [2.05, 4.69) is 0 Å². The first-order valence-corrected chi connectivity index (χ1v) is 4.82. The van der Waals surface area contributed by atoms with E-state index in [9.17, 15) is 9.50 Å². The minimum Gasteiger partial charge on any atom is -0.388 e. The van der Waals surface area contributed by atoms with Gasteiger partial charge in [0.2, 0.25) is 0 Å². The van der Waals surface area contributed by atoms with Crippen molar-refractivity contribution in [1.29, 1.82) is 0 Å². The molecule has 74 valence electrons. The van der Waals surface area contributed by atoms with Crippen molar-refractivity contribution in [2.45, 2.75) is 39.7 Å². The predicted octanol–water partition coefficient (Wildman–Crippen LogP) is 2.97. The molecule has 0 radical (unpaired) electrons. The maximum Gasteiger partial charge on any atom is 0.122 e. The van der Waals surface area contributed by atoms with Crippen molar-refractivity contribution in [3.63, 3.8) is 0 Å². The van der Waals surface area contributed by atoms with E-state index in [-0.39, 0.29) is 11.7 Å². The summed E-state index contributed by atoms with van der Waals surface area (Å²) in [5.74, 6) is 0.107. The van der Waals surface area contributed by atoms with Crippen LogP contribution in [-0.4, -0.2) is 11.2 Å². The number of rotatable bonds is 2. The fourth-order valence-corrected chi connectivity index (χ4v) is 1.80. The molecule has 13 heavy (non-hydrogen) atoms. The molecule has 1 N–H and O–H groups in total. The second-order valence-corrected chi connectivity index (χ2v) is 3.69. The van der Waals surface area contributed by atoms with Crippen LogP contribution in [0.3, 0.4) is 0 Å². The lowest BCUT2D eigenvalue weighted by Gasteiger charge is -2.25. The molecule has 1 aliphatic rings. The highest BCUT2D eigenvalue weighted by Gasteiger charge is 2.23. The van der Waals surface area contributed by atoms with Crippen molar-refractivity contribution in [1.82, 2.24) is 0 Å². The maximum atomic E-state index is 13.2. The quantitative estimate of drug-likeness (QED) is 0.699. The predicted molar refractivity (Wildman–Crippen MR) is 52.0 cm³/mol. The molecule has 1 aliphatic carbocycles. The SMILES string of the molecule is CC[C@@H](C)C1=C(C)C(F)=CCC1O. The van der Waals surface area contributed by atoms with Gasteiger partial charge in [0.25, 0.3) is 0 Å². The Balaban J connectivity index is 3.00. The van der Waals surface area contributed by atoms with Crippen molar-refractivity contribution in [3.8, 4) is 0 Å². The standard InChI is InChI=1S/C11H17FO/c1-4-7(2)11-8(3)9(12)5-6-10(11)13/h5,7,10,13H,4,6H2,1-3H3/t7-,10?/m1/s1. The van der Waals surface area contributed by atoms with Crippen molar-refractivity contribution in [2.24, 2.45) is 5.92 Å². The van der Waals surface area contributed by atoms with E-state index in [0.29, 0.717) is 12.0 Å². The highest BCUT2D eigenvalue weighted by Crippen LogP contribution is 2.32. The summed E-state index contributed by atoms with van der Waals surface area (Å²) in [6.07, 6.45) is 2.35. The lowest BCUT2D eigenvalue weighted by Crippen LogP contribution is -2.20. The van der Waals surface area contributed by atoms with Crippen molar-refractivity contribution >= 4 is 0 Å². The molecule has 0 amide bonds. The Morgan fingerprint density at radius 1 is 1.69 bits per heavy atom. The molecule has 0 aromatic carbocycles. The van der Waals surface area contributed by atoms with Gasteiger partial charge in [-0.3, -0.25) is 0 Å². The summed E-state index contributed by atoms with van der Waals surface area (Å²) in [5.41, 5.74) is 1.51. The molecular weight excluding hydrogens is 167 g/mol. The van der Waals surface area contributed by atoms with Crippen LogP contribution in [0.2, 0.25) is 0 Å². The zero-order chi connectivity index (χ0) is 10.0. The summed E-state index contributed by atoms with van der Waals surface area (Å²) in [7, 11) is 0. The minimum absolute atomic E-state index is 0.166. The molecule has 0 spiro atoms. The van der Waals surface area contributed by atoms with Gasteiger partial charge in [-0.15, -0.1) is 0 Å². The molecule has 2 atom stereocenters. The first-order chi connectivity index (χ1) is 6.07. The molecule has 1 unspecified atom stereocenters. The average Bonchev–Trinajstić information content (AvgIpc) is 2.12. The molecule has 1 rings (SSSR count). The molecule has 0 saturated carbocycles. The van der Waals surface area contributed by atoms with E-state index in [1.54, 1.807) is 6.92 Å². The molecular formula is C11H17FO. The van der Waals surface area contributed by atoms with Gasteiger partial charge in [0, 0.05) is 0 Å². The molecule has 0 heterocycles. The van der Waals surface area contributed by atoms with E-state index < -0.39 is 6.10 Å². The van der Waals surface area contributed by atoms with Gasteiger partial charge < -0.3 is 5.11 Å². The Morgan fingerprint density at radius 2 is 2.31 bits per heavy atom. The summed E-state index contributed by atoms with van der Waals surface area (Å²) < 4.78 is 13.2. The van der Waals surface area contributed by atoms with Gasteiger partial charge in [0.15, 0.2) is 0 Å². The highest BCUT2D eigenvalue weighted by molar-refractivity contribution is 5.36. The number of aliphatic hydroxyl groups is 1. The zero-order valence-corrected chi connectivity index (χ0v) is 8.47. The van der Waals surface area contributed by atoms with Gasteiger partial charge in [0.1, 0.15) is 5.83 Å². The average molecular weight is 184 g/mol. The molecule has 0 aliphatic heterocycles. The van der Waals surface area contributed by atoms with Crippen LogP contribution in [0.15, 0.2) is 23.0 Å². The number of aliphatic hydroxyl groups excluding tert-OH is 1. The largest absolute Gasteiger partial charge is 0.388 e. The molecule has 0 fully saturated rings. The van der Waals surface area contributed by atoms with Gasteiger partial charge in [-0.2, -0.15) is 0 Å². The first kappa shape index (κ1) is 10.5. The minimum atomic E-state index is -0.477. The third-order valence-corrected chi connectivity index (χ3v) is 2.81.